The highest BCUT2D eigenvalue weighted by Crippen LogP contribution is 2.17. The lowest BCUT2D eigenvalue weighted by atomic mass is 9.97. The van der Waals surface area contributed by atoms with Crippen LogP contribution in [0.25, 0.3) is 0 Å². The van der Waals surface area contributed by atoms with Gasteiger partial charge in [0.05, 0.1) is 5.92 Å². The summed E-state index contributed by atoms with van der Waals surface area (Å²) < 4.78 is 9.76. The maximum atomic E-state index is 11.8. The third kappa shape index (κ3) is 5.40. The summed E-state index contributed by atoms with van der Waals surface area (Å²) >= 11 is 0. The molecule has 0 aromatic rings. The fourth-order valence-electron chi connectivity index (χ4n) is 1.63. The zero-order valence-corrected chi connectivity index (χ0v) is 11.8. The molecule has 1 aliphatic rings. The Kier molecular flexibility index (Phi) is 6.18. The molecule has 1 aliphatic carbocycles. The number of hydrogen-bond donors (Lipinski definition) is 1. The average molecular weight is 280 g/mol. The lowest BCUT2D eigenvalue weighted by molar-refractivity contribution is -0.152. The molecule has 0 saturated heterocycles. The highest BCUT2D eigenvalue weighted by Gasteiger charge is 2.20. The van der Waals surface area contributed by atoms with Gasteiger partial charge in [0.15, 0.2) is 0 Å². The van der Waals surface area contributed by atoms with Crippen molar-refractivity contribution in [2.45, 2.75) is 26.4 Å². The first kappa shape index (κ1) is 16.2. The number of carbonyl (C=O) groups excluding carboxylic acids is 2. The van der Waals surface area contributed by atoms with E-state index in [0.29, 0.717) is 6.42 Å². The van der Waals surface area contributed by atoms with E-state index in [1.165, 1.54) is 6.92 Å². The van der Waals surface area contributed by atoms with Gasteiger partial charge in [-0.25, -0.2) is 4.79 Å². The summed E-state index contributed by atoms with van der Waals surface area (Å²) in [5, 5.41) is 9.57. The first-order chi connectivity index (χ1) is 9.40. The van der Waals surface area contributed by atoms with Gasteiger partial charge in [0.1, 0.15) is 19.3 Å². The Morgan fingerprint density at radius 1 is 1.45 bits per heavy atom. The Hall–Kier alpha value is -1.88. The summed E-state index contributed by atoms with van der Waals surface area (Å²) in [5.74, 6) is -1.28. The number of aliphatic hydroxyl groups excluding tert-OH is 1. The largest absolute Gasteiger partial charge is 0.462 e. The molecule has 0 aliphatic heterocycles. The van der Waals surface area contributed by atoms with Crippen LogP contribution < -0.4 is 0 Å². The normalized spacial score (nSPS) is 18.9. The third-order valence-corrected chi connectivity index (χ3v) is 2.71. The molecule has 0 bridgehead atoms. The van der Waals surface area contributed by atoms with E-state index < -0.39 is 12.1 Å². The van der Waals surface area contributed by atoms with Crippen LogP contribution in [-0.4, -0.2) is 36.4 Å². The molecule has 110 valence electrons. The van der Waals surface area contributed by atoms with Gasteiger partial charge in [0, 0.05) is 5.57 Å². The lowest BCUT2D eigenvalue weighted by Gasteiger charge is -2.16. The molecule has 1 rings (SSSR count). The van der Waals surface area contributed by atoms with Gasteiger partial charge < -0.3 is 14.6 Å². The number of esters is 2. The van der Waals surface area contributed by atoms with Gasteiger partial charge in [-0.2, -0.15) is 0 Å². The van der Waals surface area contributed by atoms with Gasteiger partial charge in [-0.1, -0.05) is 30.4 Å². The van der Waals surface area contributed by atoms with Gasteiger partial charge >= 0.3 is 11.9 Å². The van der Waals surface area contributed by atoms with E-state index in [4.69, 9.17) is 9.47 Å². The van der Waals surface area contributed by atoms with E-state index >= 15 is 0 Å². The number of carbonyl (C=O) groups is 2. The predicted octanol–water partition coefficient (Wildman–Crippen LogP) is 1.53. The number of hydrogen-bond acceptors (Lipinski definition) is 5. The van der Waals surface area contributed by atoms with Crippen LogP contribution in [0.15, 0.2) is 36.0 Å². The molecule has 5 heteroatoms. The van der Waals surface area contributed by atoms with Gasteiger partial charge in [0.2, 0.25) is 0 Å². The summed E-state index contributed by atoms with van der Waals surface area (Å²) in [6.45, 7) is 6.42. The molecule has 0 amide bonds. The monoisotopic (exact) mass is 280 g/mol. The Labute approximate surface area is 118 Å². The van der Waals surface area contributed by atoms with Crippen LogP contribution in [0.2, 0.25) is 0 Å². The Bertz CT molecular complexity index is 447. The highest BCUT2D eigenvalue weighted by atomic mass is 16.6. The molecule has 5 nitrogen and oxygen atoms in total. The van der Waals surface area contributed by atoms with Crippen molar-refractivity contribution in [3.8, 4) is 0 Å². The quantitative estimate of drug-likeness (QED) is 0.590. The van der Waals surface area contributed by atoms with E-state index in [9.17, 15) is 14.7 Å². The summed E-state index contributed by atoms with van der Waals surface area (Å²) in [6.07, 6.45) is 5.24. The number of aliphatic hydroxyl groups is 1. The molecule has 2 atom stereocenters. The van der Waals surface area contributed by atoms with Crippen LogP contribution in [0.1, 0.15) is 20.3 Å². The minimum absolute atomic E-state index is 0.199. The SMILES string of the molecule is C=C(C)C(=O)OCC(O)COC(=O)C1C=C(C)C=CC1. The molecule has 0 heterocycles. The number of ether oxygens (including phenoxy) is 2. The standard InChI is InChI=1S/C15H20O5/c1-10(2)14(17)19-8-13(16)9-20-15(18)12-6-4-5-11(3)7-12/h4-5,7,12-13,16H,1,6,8-9H2,2-3H3. The van der Waals surface area contributed by atoms with E-state index in [-0.39, 0.29) is 30.7 Å². The first-order valence-corrected chi connectivity index (χ1v) is 6.42. The Morgan fingerprint density at radius 2 is 2.10 bits per heavy atom. The Morgan fingerprint density at radius 3 is 2.70 bits per heavy atom. The van der Waals surface area contributed by atoms with Crippen molar-refractivity contribution in [3.63, 3.8) is 0 Å². The van der Waals surface area contributed by atoms with Crippen molar-refractivity contribution in [2.24, 2.45) is 5.92 Å². The van der Waals surface area contributed by atoms with Crippen molar-refractivity contribution in [1.82, 2.24) is 0 Å². The van der Waals surface area contributed by atoms with Crippen LogP contribution in [0.3, 0.4) is 0 Å². The fraction of sp³-hybridized carbons (Fsp3) is 0.467. The summed E-state index contributed by atoms with van der Waals surface area (Å²) in [6, 6.07) is 0. The molecule has 0 radical (unpaired) electrons. The predicted molar refractivity (Wildman–Crippen MR) is 73.7 cm³/mol. The van der Waals surface area contributed by atoms with E-state index in [1.807, 2.05) is 25.2 Å². The second kappa shape index (κ2) is 7.65. The van der Waals surface area contributed by atoms with Gasteiger partial charge in [-0.3, -0.25) is 4.79 Å². The van der Waals surface area contributed by atoms with Crippen LogP contribution in [0.4, 0.5) is 0 Å². The maximum absolute atomic E-state index is 11.8. The van der Waals surface area contributed by atoms with E-state index in [1.54, 1.807) is 0 Å². The molecule has 0 aromatic heterocycles. The van der Waals surface area contributed by atoms with Gasteiger partial charge in [0.25, 0.3) is 0 Å². The lowest BCUT2D eigenvalue weighted by Crippen LogP contribution is -2.27. The second-order valence-electron chi connectivity index (χ2n) is 4.82. The zero-order chi connectivity index (χ0) is 15.1. The minimum atomic E-state index is -1.04. The Balaban J connectivity index is 2.29. The molecule has 20 heavy (non-hydrogen) atoms. The third-order valence-electron chi connectivity index (χ3n) is 2.71. The van der Waals surface area contributed by atoms with Crippen LogP contribution in [0, 0.1) is 5.92 Å². The molecule has 2 unspecified atom stereocenters. The summed E-state index contributed by atoms with van der Waals surface area (Å²) in [5.41, 5.74) is 1.26. The number of rotatable bonds is 6. The molecule has 0 aromatic carbocycles. The molecular weight excluding hydrogens is 260 g/mol. The smallest absolute Gasteiger partial charge is 0.333 e. The van der Waals surface area contributed by atoms with Gasteiger partial charge in [-0.05, 0) is 20.3 Å². The van der Waals surface area contributed by atoms with Crippen LogP contribution in [0.5, 0.6) is 0 Å². The average Bonchev–Trinajstić information content (AvgIpc) is 2.41. The fourth-order valence-corrected chi connectivity index (χ4v) is 1.63. The van der Waals surface area contributed by atoms with Crippen molar-refractivity contribution in [3.05, 3.63) is 36.0 Å². The molecule has 0 fully saturated rings. The second-order valence-corrected chi connectivity index (χ2v) is 4.82. The van der Waals surface area contributed by atoms with Crippen molar-refractivity contribution >= 4 is 11.9 Å². The summed E-state index contributed by atoms with van der Waals surface area (Å²) in [4.78, 5) is 22.9. The van der Waals surface area contributed by atoms with E-state index in [0.717, 1.165) is 5.57 Å². The highest BCUT2D eigenvalue weighted by molar-refractivity contribution is 5.86. The summed E-state index contributed by atoms with van der Waals surface area (Å²) in [7, 11) is 0. The van der Waals surface area contributed by atoms with Crippen LogP contribution in [-0.2, 0) is 19.1 Å². The molecule has 0 saturated carbocycles. The van der Waals surface area contributed by atoms with E-state index in [2.05, 4.69) is 6.58 Å². The topological polar surface area (TPSA) is 72.8 Å². The van der Waals surface area contributed by atoms with Crippen LogP contribution >= 0.6 is 0 Å². The van der Waals surface area contributed by atoms with Gasteiger partial charge in [-0.15, -0.1) is 0 Å². The molecule has 1 N–H and O–H groups in total. The van der Waals surface area contributed by atoms with Crippen molar-refractivity contribution in [2.75, 3.05) is 13.2 Å². The van der Waals surface area contributed by atoms with Crippen molar-refractivity contribution in [1.29, 1.82) is 0 Å². The van der Waals surface area contributed by atoms with Crippen molar-refractivity contribution < 1.29 is 24.2 Å². The molecular formula is C15H20O5. The number of allylic oxidation sites excluding steroid dienone is 3. The maximum Gasteiger partial charge on any atom is 0.333 e. The minimum Gasteiger partial charge on any atom is -0.462 e. The first-order valence-electron chi connectivity index (χ1n) is 6.42. The molecule has 0 spiro atoms. The zero-order valence-electron chi connectivity index (χ0n) is 11.8.